The van der Waals surface area contributed by atoms with Crippen molar-refractivity contribution in [2.75, 3.05) is 6.61 Å². The third-order valence-corrected chi connectivity index (χ3v) is 3.54. The van der Waals surface area contributed by atoms with Crippen molar-refractivity contribution >= 4 is 18.5 Å². The molecular weight excluding hydrogens is 241 g/mol. The van der Waals surface area contributed by atoms with Crippen LogP contribution in [0.2, 0.25) is 0 Å². The molecule has 1 aromatic rings. The average Bonchev–Trinajstić information content (AvgIpc) is 2.27. The lowest BCUT2D eigenvalue weighted by atomic mass is 9.77. The molecule has 17 heavy (non-hydrogen) atoms. The van der Waals surface area contributed by atoms with Gasteiger partial charge in [0.05, 0.1) is 12.1 Å². The van der Waals surface area contributed by atoms with Crippen molar-refractivity contribution in [3.8, 4) is 0 Å². The van der Waals surface area contributed by atoms with Crippen molar-refractivity contribution in [1.29, 1.82) is 0 Å². The van der Waals surface area contributed by atoms with Gasteiger partial charge in [0.15, 0.2) is 0 Å². The molecule has 0 aromatic heterocycles. The molecule has 5 heteroatoms. The lowest BCUT2D eigenvalue weighted by Gasteiger charge is -2.40. The number of thiol groups is 1. The van der Waals surface area contributed by atoms with Gasteiger partial charge in [-0.1, -0.05) is 0 Å². The Morgan fingerprint density at radius 2 is 2.24 bits per heavy atom. The second-order valence-corrected chi connectivity index (χ2v) is 4.89. The van der Waals surface area contributed by atoms with Crippen molar-refractivity contribution in [3.63, 3.8) is 0 Å². The maximum absolute atomic E-state index is 13.0. The quantitative estimate of drug-likeness (QED) is 0.721. The Morgan fingerprint density at radius 1 is 1.53 bits per heavy atom. The summed E-state index contributed by atoms with van der Waals surface area (Å²) in [4.78, 5) is 12.0. The molecule has 0 unspecified atom stereocenters. The van der Waals surface area contributed by atoms with Crippen LogP contribution >= 0.6 is 12.6 Å². The summed E-state index contributed by atoms with van der Waals surface area (Å²) in [6.45, 7) is -0.0618. The van der Waals surface area contributed by atoms with Crippen LogP contribution in [0, 0.1) is 5.82 Å². The zero-order valence-electron chi connectivity index (χ0n) is 9.24. The van der Waals surface area contributed by atoms with Gasteiger partial charge in [-0.2, -0.15) is 0 Å². The highest BCUT2D eigenvalue weighted by Crippen LogP contribution is 2.31. The maximum atomic E-state index is 13.0. The predicted octanol–water partition coefficient (Wildman–Crippen LogP) is 1.76. The minimum absolute atomic E-state index is 0.0618. The van der Waals surface area contributed by atoms with E-state index < -0.39 is 11.4 Å². The Hall–Kier alpha value is -1.07. The van der Waals surface area contributed by atoms with Crippen LogP contribution in [0.5, 0.6) is 0 Å². The molecule has 1 aliphatic carbocycles. The van der Waals surface area contributed by atoms with Gasteiger partial charge in [0.25, 0.3) is 5.91 Å². The second-order valence-electron chi connectivity index (χ2n) is 4.41. The van der Waals surface area contributed by atoms with Crippen LogP contribution in [0.3, 0.4) is 0 Å². The Bertz CT molecular complexity index is 441. The smallest absolute Gasteiger partial charge is 0.251 e. The van der Waals surface area contributed by atoms with Crippen molar-refractivity contribution in [3.05, 3.63) is 29.6 Å². The van der Waals surface area contributed by atoms with Crippen LogP contribution in [0.1, 0.15) is 29.6 Å². The molecule has 1 saturated carbocycles. The Balaban J connectivity index is 2.11. The van der Waals surface area contributed by atoms with Crippen LogP contribution in [0.4, 0.5) is 4.39 Å². The van der Waals surface area contributed by atoms with E-state index in [0.29, 0.717) is 5.56 Å². The number of hydrogen-bond acceptors (Lipinski definition) is 3. The zero-order valence-corrected chi connectivity index (χ0v) is 10.1. The van der Waals surface area contributed by atoms with Crippen LogP contribution in [-0.4, -0.2) is 23.2 Å². The van der Waals surface area contributed by atoms with Gasteiger partial charge in [-0.05, 0) is 37.5 Å². The minimum atomic E-state index is -0.484. The number of hydrogen-bond donors (Lipinski definition) is 3. The SMILES string of the molecule is O=C(NC1(CO)CCC1)c1ccc(F)c(S)c1. The van der Waals surface area contributed by atoms with Crippen molar-refractivity contribution < 1.29 is 14.3 Å². The molecule has 0 radical (unpaired) electrons. The van der Waals surface area contributed by atoms with E-state index in [1.54, 1.807) is 0 Å². The molecule has 0 heterocycles. The van der Waals surface area contributed by atoms with Crippen molar-refractivity contribution in [1.82, 2.24) is 5.32 Å². The van der Waals surface area contributed by atoms with Crippen molar-refractivity contribution in [2.24, 2.45) is 0 Å². The molecule has 2 N–H and O–H groups in total. The van der Waals surface area contributed by atoms with Gasteiger partial charge in [-0.15, -0.1) is 12.6 Å². The van der Waals surface area contributed by atoms with Gasteiger partial charge in [0.1, 0.15) is 5.82 Å². The molecular formula is C12H14FNO2S. The first-order chi connectivity index (χ1) is 8.06. The van der Waals surface area contributed by atoms with Gasteiger partial charge in [-0.25, -0.2) is 4.39 Å². The number of aliphatic hydroxyl groups is 1. The monoisotopic (exact) mass is 255 g/mol. The Labute approximate surface area is 104 Å². The summed E-state index contributed by atoms with van der Waals surface area (Å²) in [6, 6.07) is 4.01. The van der Waals surface area contributed by atoms with Crippen molar-refractivity contribution in [2.45, 2.75) is 29.7 Å². The lowest BCUT2D eigenvalue weighted by molar-refractivity contribution is 0.0641. The summed E-state index contributed by atoms with van der Waals surface area (Å²) in [7, 11) is 0. The molecule has 92 valence electrons. The van der Waals surface area contributed by atoms with Crippen LogP contribution in [0.25, 0.3) is 0 Å². The first kappa shape index (κ1) is 12.4. The number of halogens is 1. The highest BCUT2D eigenvalue weighted by atomic mass is 32.1. The van der Waals surface area contributed by atoms with E-state index in [9.17, 15) is 14.3 Å². The van der Waals surface area contributed by atoms with E-state index in [1.807, 2.05) is 0 Å². The van der Waals surface area contributed by atoms with E-state index in [4.69, 9.17) is 0 Å². The topological polar surface area (TPSA) is 49.3 Å². The zero-order chi connectivity index (χ0) is 12.5. The molecule has 1 aromatic carbocycles. The third kappa shape index (κ3) is 2.45. The summed E-state index contributed by atoms with van der Waals surface area (Å²) >= 11 is 3.93. The largest absolute Gasteiger partial charge is 0.394 e. The lowest BCUT2D eigenvalue weighted by Crippen LogP contribution is -2.56. The van der Waals surface area contributed by atoms with E-state index in [1.165, 1.54) is 18.2 Å². The normalized spacial score (nSPS) is 17.4. The highest BCUT2D eigenvalue weighted by Gasteiger charge is 2.37. The summed E-state index contributed by atoms with van der Waals surface area (Å²) < 4.78 is 13.0. The fourth-order valence-electron chi connectivity index (χ4n) is 1.89. The van der Waals surface area contributed by atoms with E-state index in [2.05, 4.69) is 17.9 Å². The summed E-state index contributed by atoms with van der Waals surface area (Å²) in [5, 5.41) is 12.0. The van der Waals surface area contributed by atoms with Gasteiger partial charge >= 0.3 is 0 Å². The Morgan fingerprint density at radius 3 is 2.71 bits per heavy atom. The summed E-state index contributed by atoms with van der Waals surface area (Å²) in [5.74, 6) is -0.751. The number of nitrogens with one attached hydrogen (secondary N) is 1. The van der Waals surface area contributed by atoms with Gasteiger partial charge in [0.2, 0.25) is 0 Å². The molecule has 0 atom stereocenters. The van der Waals surface area contributed by atoms with Gasteiger partial charge < -0.3 is 10.4 Å². The van der Waals surface area contributed by atoms with Gasteiger partial charge in [-0.3, -0.25) is 4.79 Å². The fraction of sp³-hybridized carbons (Fsp3) is 0.417. The van der Waals surface area contributed by atoms with E-state index in [-0.39, 0.29) is 17.4 Å². The summed E-state index contributed by atoms with van der Waals surface area (Å²) in [5.41, 5.74) is -0.126. The third-order valence-electron chi connectivity index (χ3n) is 3.20. The standard InChI is InChI=1S/C12H14FNO2S/c13-9-3-2-8(6-10(9)17)11(16)14-12(7-15)4-1-5-12/h2-3,6,15,17H,1,4-5,7H2,(H,14,16). The van der Waals surface area contributed by atoms with E-state index in [0.717, 1.165) is 19.3 Å². The maximum Gasteiger partial charge on any atom is 0.251 e. The number of benzene rings is 1. The Kier molecular flexibility index (Phi) is 3.40. The van der Waals surface area contributed by atoms with E-state index >= 15 is 0 Å². The molecule has 3 nitrogen and oxygen atoms in total. The van der Waals surface area contributed by atoms with Crippen LogP contribution in [-0.2, 0) is 0 Å². The molecule has 1 fully saturated rings. The molecule has 0 bridgehead atoms. The summed E-state index contributed by atoms with van der Waals surface area (Å²) in [6.07, 6.45) is 2.57. The molecule has 2 rings (SSSR count). The number of rotatable bonds is 3. The number of carbonyl (C=O) groups is 1. The first-order valence-electron chi connectivity index (χ1n) is 5.48. The number of amides is 1. The molecule has 0 aliphatic heterocycles. The van der Waals surface area contributed by atoms with Crippen LogP contribution in [0.15, 0.2) is 23.1 Å². The molecule has 1 aliphatic rings. The average molecular weight is 255 g/mol. The molecule has 1 amide bonds. The predicted molar refractivity (Wildman–Crippen MR) is 64.8 cm³/mol. The number of carbonyl (C=O) groups excluding carboxylic acids is 1. The number of aliphatic hydroxyl groups excluding tert-OH is 1. The second kappa shape index (κ2) is 4.66. The van der Waals surface area contributed by atoms with Crippen LogP contribution < -0.4 is 5.32 Å². The van der Waals surface area contributed by atoms with Gasteiger partial charge in [0, 0.05) is 10.5 Å². The fourth-order valence-corrected chi connectivity index (χ4v) is 2.11. The first-order valence-corrected chi connectivity index (χ1v) is 5.93. The minimum Gasteiger partial charge on any atom is -0.394 e. The molecule has 0 spiro atoms. The molecule has 0 saturated heterocycles. The highest BCUT2D eigenvalue weighted by molar-refractivity contribution is 7.80.